The van der Waals surface area contributed by atoms with Gasteiger partial charge >= 0.3 is 0 Å². The van der Waals surface area contributed by atoms with Gasteiger partial charge in [0.1, 0.15) is 11.5 Å². The normalized spacial score (nSPS) is 14.8. The number of amides is 2. The maximum Gasteiger partial charge on any atom is 0.290 e. The number of imide groups is 1. The van der Waals surface area contributed by atoms with E-state index in [-0.39, 0.29) is 0 Å². The highest BCUT2D eigenvalue weighted by Crippen LogP contribution is 2.28. The molecule has 0 saturated carbocycles. The Morgan fingerprint density at radius 3 is 2.75 bits per heavy atom. The molecule has 0 spiro atoms. The summed E-state index contributed by atoms with van der Waals surface area (Å²) in [4.78, 5) is 27.5. The monoisotopic (exact) mass is 390 g/mol. The second-order valence-electron chi connectivity index (χ2n) is 5.81. The van der Waals surface area contributed by atoms with Crippen LogP contribution in [-0.4, -0.2) is 22.7 Å². The van der Waals surface area contributed by atoms with Crippen molar-refractivity contribution in [1.82, 2.24) is 10.3 Å². The van der Waals surface area contributed by atoms with Crippen molar-refractivity contribution >= 4 is 40.0 Å². The average Bonchev–Trinajstić information content (AvgIpc) is 3.24. The Balaban J connectivity index is 1.64. The predicted molar refractivity (Wildman–Crippen MR) is 107 cm³/mol. The van der Waals surface area contributed by atoms with Gasteiger partial charge in [-0.15, -0.1) is 0 Å². The van der Waals surface area contributed by atoms with E-state index in [0.717, 1.165) is 28.5 Å². The van der Waals surface area contributed by atoms with Crippen LogP contribution in [0.25, 0.3) is 17.0 Å². The lowest BCUT2D eigenvalue weighted by Gasteiger charge is -2.01. The number of aromatic nitrogens is 1. The van der Waals surface area contributed by atoms with E-state index >= 15 is 0 Å². The number of fused-ring (bicyclic) bond motifs is 1. The number of ether oxygens (including phenoxy) is 1. The zero-order chi connectivity index (χ0) is 19.5. The fraction of sp³-hybridized carbons (Fsp3) is 0.0952. The van der Waals surface area contributed by atoms with E-state index < -0.39 is 11.1 Å². The fourth-order valence-electron chi connectivity index (χ4n) is 2.63. The number of benzene rings is 1. The van der Waals surface area contributed by atoms with E-state index in [1.54, 1.807) is 18.5 Å². The molecule has 7 heteroatoms. The summed E-state index contributed by atoms with van der Waals surface area (Å²) < 4.78 is 11.3. The number of nitrogens with zero attached hydrogens (tertiary/aromatic N) is 1. The molecule has 0 atom stereocenters. The van der Waals surface area contributed by atoms with Gasteiger partial charge < -0.3 is 9.15 Å². The minimum absolute atomic E-state index is 0.291. The lowest BCUT2D eigenvalue weighted by molar-refractivity contribution is -0.115. The summed E-state index contributed by atoms with van der Waals surface area (Å²) in [6.07, 6.45) is 4.83. The topological polar surface area (TPSA) is 81.4 Å². The van der Waals surface area contributed by atoms with E-state index in [2.05, 4.69) is 22.1 Å². The van der Waals surface area contributed by atoms with Crippen LogP contribution in [0.2, 0.25) is 0 Å². The molecule has 1 aromatic carbocycles. The number of furan rings is 1. The van der Waals surface area contributed by atoms with E-state index in [9.17, 15) is 9.59 Å². The van der Waals surface area contributed by atoms with Crippen LogP contribution in [0, 0.1) is 11.8 Å². The first-order chi connectivity index (χ1) is 13.6. The summed E-state index contributed by atoms with van der Waals surface area (Å²) in [5.41, 5.74) is 2.05. The Morgan fingerprint density at radius 1 is 1.21 bits per heavy atom. The zero-order valence-corrected chi connectivity index (χ0v) is 15.6. The standard InChI is InChI=1S/C21H14N2O4S/c1-2-26-16-7-4-13(5-8-16)3-6-14-11-22-12-15-9-17(27-19(14)15)10-18-20(24)23-21(25)28-18/h4-5,7-12H,2H2,1H3,(H,23,24,25)/b18-10+. The Kier molecular flexibility index (Phi) is 4.87. The van der Waals surface area contributed by atoms with Crippen LogP contribution in [0.5, 0.6) is 5.75 Å². The van der Waals surface area contributed by atoms with Crippen LogP contribution in [-0.2, 0) is 4.79 Å². The van der Waals surface area contributed by atoms with Crippen LogP contribution in [0.3, 0.4) is 0 Å². The maximum absolute atomic E-state index is 11.7. The fourth-order valence-corrected chi connectivity index (χ4v) is 3.30. The zero-order valence-electron chi connectivity index (χ0n) is 14.8. The molecule has 2 aromatic heterocycles. The molecule has 6 nitrogen and oxygen atoms in total. The third kappa shape index (κ3) is 3.77. The number of hydrogen-bond donors (Lipinski definition) is 1. The van der Waals surface area contributed by atoms with Gasteiger partial charge in [0.2, 0.25) is 0 Å². The van der Waals surface area contributed by atoms with Crippen molar-refractivity contribution < 1.29 is 18.7 Å². The lowest BCUT2D eigenvalue weighted by atomic mass is 10.2. The molecular formula is C21H14N2O4S. The first-order valence-corrected chi connectivity index (χ1v) is 9.31. The molecule has 1 N–H and O–H groups in total. The van der Waals surface area contributed by atoms with Gasteiger partial charge in [-0.1, -0.05) is 11.8 Å². The first kappa shape index (κ1) is 17.9. The predicted octanol–water partition coefficient (Wildman–Crippen LogP) is 3.95. The van der Waals surface area contributed by atoms with Crippen molar-refractivity contribution in [2.75, 3.05) is 6.61 Å². The van der Waals surface area contributed by atoms with E-state index in [4.69, 9.17) is 9.15 Å². The minimum atomic E-state index is -0.427. The number of carbonyl (C=O) groups excluding carboxylic acids is 2. The Hall–Kier alpha value is -3.50. The molecule has 0 bridgehead atoms. The molecule has 1 fully saturated rings. The third-order valence-corrected chi connectivity index (χ3v) is 4.67. The second kappa shape index (κ2) is 7.62. The van der Waals surface area contributed by atoms with Crippen molar-refractivity contribution in [2.45, 2.75) is 6.92 Å². The van der Waals surface area contributed by atoms with Crippen molar-refractivity contribution in [3.8, 4) is 17.6 Å². The molecule has 4 rings (SSSR count). The van der Waals surface area contributed by atoms with E-state index in [1.165, 1.54) is 6.08 Å². The molecular weight excluding hydrogens is 376 g/mol. The summed E-state index contributed by atoms with van der Waals surface area (Å²) in [5, 5.41) is 2.59. The van der Waals surface area contributed by atoms with Gasteiger partial charge in [0.05, 0.1) is 17.1 Å². The van der Waals surface area contributed by atoms with Crippen LogP contribution < -0.4 is 10.1 Å². The molecule has 3 heterocycles. The summed E-state index contributed by atoms with van der Waals surface area (Å²) in [6.45, 7) is 2.55. The van der Waals surface area contributed by atoms with Crippen molar-refractivity contribution in [3.05, 3.63) is 64.5 Å². The molecule has 0 radical (unpaired) electrons. The van der Waals surface area contributed by atoms with E-state index in [1.807, 2.05) is 31.2 Å². The quantitative estimate of drug-likeness (QED) is 0.539. The smallest absolute Gasteiger partial charge is 0.290 e. The summed E-state index contributed by atoms with van der Waals surface area (Å²) in [6, 6.07) is 9.27. The SMILES string of the molecule is CCOc1ccc(C#Cc2cncc3cc(/C=C4/SC(=O)NC4=O)oc23)cc1. The first-order valence-electron chi connectivity index (χ1n) is 8.49. The van der Waals surface area contributed by atoms with Crippen LogP contribution in [0.15, 0.2) is 52.0 Å². The largest absolute Gasteiger partial charge is 0.494 e. The molecule has 138 valence electrons. The van der Waals surface area contributed by atoms with Gasteiger partial charge in [-0.25, -0.2) is 0 Å². The van der Waals surface area contributed by atoms with Crippen molar-refractivity contribution in [3.63, 3.8) is 0 Å². The highest BCUT2D eigenvalue weighted by molar-refractivity contribution is 8.18. The van der Waals surface area contributed by atoms with Gasteiger partial charge in [-0.2, -0.15) is 0 Å². The van der Waals surface area contributed by atoms with Crippen molar-refractivity contribution in [1.29, 1.82) is 0 Å². The summed E-state index contributed by atoms with van der Waals surface area (Å²) >= 11 is 0.842. The number of rotatable bonds is 3. The number of nitrogens with one attached hydrogen (secondary N) is 1. The van der Waals surface area contributed by atoms with Gasteiger partial charge in [-0.05, 0) is 49.0 Å². The van der Waals surface area contributed by atoms with Gasteiger partial charge in [-0.3, -0.25) is 19.9 Å². The van der Waals surface area contributed by atoms with Crippen LogP contribution in [0.4, 0.5) is 4.79 Å². The second-order valence-corrected chi connectivity index (χ2v) is 6.83. The highest BCUT2D eigenvalue weighted by Gasteiger charge is 2.25. The molecule has 28 heavy (non-hydrogen) atoms. The number of pyridine rings is 1. The molecule has 3 aromatic rings. The maximum atomic E-state index is 11.7. The van der Waals surface area contributed by atoms with Gasteiger partial charge in [0.15, 0.2) is 5.58 Å². The van der Waals surface area contributed by atoms with Gasteiger partial charge in [0.25, 0.3) is 11.1 Å². The number of thioether (sulfide) groups is 1. The Bertz CT molecular complexity index is 1170. The minimum Gasteiger partial charge on any atom is -0.494 e. The van der Waals surface area contributed by atoms with Crippen LogP contribution in [0.1, 0.15) is 23.8 Å². The van der Waals surface area contributed by atoms with Gasteiger partial charge in [0, 0.05) is 29.4 Å². The molecule has 1 saturated heterocycles. The molecule has 2 amide bonds. The summed E-state index contributed by atoms with van der Waals surface area (Å²) in [5.74, 6) is 6.99. The lowest BCUT2D eigenvalue weighted by Crippen LogP contribution is -2.17. The molecule has 0 aliphatic carbocycles. The third-order valence-electron chi connectivity index (χ3n) is 3.86. The molecule has 1 aliphatic heterocycles. The number of hydrogen-bond acceptors (Lipinski definition) is 6. The summed E-state index contributed by atoms with van der Waals surface area (Å²) in [7, 11) is 0. The van der Waals surface area contributed by atoms with Crippen LogP contribution >= 0.6 is 11.8 Å². The van der Waals surface area contributed by atoms with E-state index in [0.29, 0.717) is 28.4 Å². The highest BCUT2D eigenvalue weighted by atomic mass is 32.2. The molecule has 1 aliphatic rings. The Labute approximate surface area is 165 Å². The molecule has 0 unspecified atom stereocenters. The number of carbonyl (C=O) groups is 2. The average molecular weight is 390 g/mol. The van der Waals surface area contributed by atoms with Crippen molar-refractivity contribution in [2.24, 2.45) is 0 Å². The Morgan fingerprint density at radius 2 is 2.04 bits per heavy atom.